The monoisotopic (exact) mass is 262 g/mol. The fourth-order valence-corrected chi connectivity index (χ4v) is 0.493. The molecule has 1 aromatic rings. The second-order valence-corrected chi connectivity index (χ2v) is 3.69. The molecule has 0 aromatic heterocycles. The van der Waals surface area contributed by atoms with Crippen LogP contribution in [0.2, 0.25) is 0 Å². The van der Waals surface area contributed by atoms with Crippen molar-refractivity contribution < 1.29 is 34.2 Å². The number of aldehydes is 1. The van der Waals surface area contributed by atoms with Gasteiger partial charge in [0.05, 0.1) is 0 Å². The predicted molar refractivity (Wildman–Crippen MR) is 60.7 cm³/mol. The summed E-state index contributed by atoms with van der Waals surface area (Å²) in [4.78, 5) is 38.4. The Labute approximate surface area is 98.6 Å². The molecule has 0 saturated heterocycles. The van der Waals surface area contributed by atoms with Crippen LogP contribution in [0.1, 0.15) is 0 Å². The average molecular weight is 262 g/mol. The Kier molecular flexibility index (Phi) is 9.89. The van der Waals surface area contributed by atoms with Gasteiger partial charge in [-0.2, -0.15) is 0 Å². The van der Waals surface area contributed by atoms with E-state index in [0.717, 1.165) is 0 Å². The smallest absolute Gasteiger partial charge is 0.508 e. The Morgan fingerprint density at radius 1 is 1.06 bits per heavy atom. The van der Waals surface area contributed by atoms with Gasteiger partial charge in [-0.25, -0.2) is 0 Å². The standard InChI is InChI=1S/C6H6O2.C3H4O.H4O4Si/c7-5-2-1-3-6(8)4-5;1-2-3-4;1-5(2,3)4/h1-4,7-8H;2-3H,1H2;1-4H. The van der Waals surface area contributed by atoms with Crippen molar-refractivity contribution in [3.8, 4) is 11.5 Å². The van der Waals surface area contributed by atoms with Gasteiger partial charge in [-0.1, -0.05) is 12.6 Å². The van der Waals surface area contributed by atoms with Crippen molar-refractivity contribution in [2.75, 3.05) is 0 Å². The molecule has 0 spiro atoms. The lowest BCUT2D eigenvalue weighted by Crippen LogP contribution is -2.33. The van der Waals surface area contributed by atoms with Crippen LogP contribution in [-0.4, -0.2) is 44.7 Å². The maximum Gasteiger partial charge on any atom is 0.668 e. The first-order valence-electron chi connectivity index (χ1n) is 4.14. The fraction of sp³-hybridized carbons (Fsp3) is 0. The number of phenolic OH excluding ortho intramolecular Hbond substituents is 2. The molecule has 0 radical (unpaired) electrons. The first-order chi connectivity index (χ1) is 7.70. The largest absolute Gasteiger partial charge is 0.668 e. The molecule has 96 valence electrons. The second-order valence-electron chi connectivity index (χ2n) is 2.49. The van der Waals surface area contributed by atoms with Crippen molar-refractivity contribution in [3.05, 3.63) is 36.9 Å². The molecule has 17 heavy (non-hydrogen) atoms. The fourth-order valence-electron chi connectivity index (χ4n) is 0.493. The number of hydrogen-bond donors (Lipinski definition) is 6. The molecule has 7 nitrogen and oxygen atoms in total. The zero-order valence-corrected chi connectivity index (χ0v) is 9.76. The first-order valence-corrected chi connectivity index (χ1v) is 5.93. The van der Waals surface area contributed by atoms with E-state index < -0.39 is 9.05 Å². The lowest BCUT2D eigenvalue weighted by Gasteiger charge is -1.91. The SMILES string of the molecule is C=CC=O.O[Si](O)(O)O.Oc1cccc(O)c1. The van der Waals surface area contributed by atoms with Gasteiger partial charge in [0.2, 0.25) is 0 Å². The number of benzene rings is 1. The van der Waals surface area contributed by atoms with E-state index >= 15 is 0 Å². The molecular formula is C9H14O7Si. The highest BCUT2D eigenvalue weighted by atomic mass is 28.4. The van der Waals surface area contributed by atoms with Crippen LogP contribution in [0.4, 0.5) is 0 Å². The summed E-state index contributed by atoms with van der Waals surface area (Å²) in [5, 5.41) is 17.3. The molecule has 0 atom stereocenters. The molecule has 0 heterocycles. The van der Waals surface area contributed by atoms with E-state index in [0.29, 0.717) is 6.29 Å². The van der Waals surface area contributed by atoms with E-state index in [9.17, 15) is 0 Å². The summed E-state index contributed by atoms with van der Waals surface area (Å²) in [6.45, 7) is 3.11. The highest BCUT2D eigenvalue weighted by Crippen LogP contribution is 2.14. The van der Waals surface area contributed by atoms with Crippen molar-refractivity contribution in [1.82, 2.24) is 0 Å². The van der Waals surface area contributed by atoms with Crippen molar-refractivity contribution >= 4 is 15.3 Å². The van der Waals surface area contributed by atoms with E-state index in [-0.39, 0.29) is 11.5 Å². The Balaban J connectivity index is 0. The summed E-state index contributed by atoms with van der Waals surface area (Å²) in [6.07, 6.45) is 1.83. The zero-order valence-electron chi connectivity index (χ0n) is 8.76. The van der Waals surface area contributed by atoms with Crippen molar-refractivity contribution in [2.24, 2.45) is 0 Å². The summed E-state index contributed by atoms with van der Waals surface area (Å²) in [7, 11) is -4.61. The van der Waals surface area contributed by atoms with Crippen LogP contribution in [-0.2, 0) is 4.79 Å². The van der Waals surface area contributed by atoms with Gasteiger partial charge in [-0.15, -0.1) is 0 Å². The van der Waals surface area contributed by atoms with E-state index in [4.69, 9.17) is 34.2 Å². The number of phenols is 2. The Bertz CT molecular complexity index is 305. The molecule has 0 aliphatic rings. The molecule has 8 heteroatoms. The summed E-state index contributed by atoms with van der Waals surface area (Å²) in [5.41, 5.74) is 0. The van der Waals surface area contributed by atoms with Crippen LogP contribution in [0.25, 0.3) is 0 Å². The van der Waals surface area contributed by atoms with Gasteiger partial charge in [0.1, 0.15) is 17.8 Å². The van der Waals surface area contributed by atoms with E-state index in [1.165, 1.54) is 24.3 Å². The predicted octanol–water partition coefficient (Wildman–Crippen LogP) is -1.14. The Hall–Kier alpha value is -1.71. The lowest BCUT2D eigenvalue weighted by atomic mass is 10.3. The van der Waals surface area contributed by atoms with Gasteiger partial charge in [0, 0.05) is 6.07 Å². The van der Waals surface area contributed by atoms with Gasteiger partial charge in [0.25, 0.3) is 0 Å². The minimum Gasteiger partial charge on any atom is -0.508 e. The molecule has 0 aliphatic carbocycles. The van der Waals surface area contributed by atoms with Gasteiger partial charge in [0.15, 0.2) is 0 Å². The van der Waals surface area contributed by atoms with Crippen molar-refractivity contribution in [3.63, 3.8) is 0 Å². The molecule has 1 rings (SSSR count). The summed E-state index contributed by atoms with van der Waals surface area (Å²) in [5.74, 6) is 0.176. The Morgan fingerprint density at radius 3 is 1.47 bits per heavy atom. The molecule has 0 aliphatic heterocycles. The number of allylic oxidation sites excluding steroid dienone is 1. The summed E-state index contributed by atoms with van der Waals surface area (Å²) in [6, 6.07) is 5.85. The third-order valence-electron chi connectivity index (χ3n) is 0.926. The zero-order chi connectivity index (χ0) is 13.9. The lowest BCUT2D eigenvalue weighted by molar-refractivity contribution is -0.104. The minimum absolute atomic E-state index is 0.0880. The van der Waals surface area contributed by atoms with E-state index in [1.807, 2.05) is 0 Å². The third kappa shape index (κ3) is 25.0. The van der Waals surface area contributed by atoms with Crippen LogP contribution in [0.5, 0.6) is 11.5 Å². The molecular weight excluding hydrogens is 248 g/mol. The molecule has 0 fully saturated rings. The number of aromatic hydroxyl groups is 2. The van der Waals surface area contributed by atoms with Crippen LogP contribution < -0.4 is 0 Å². The number of carbonyl (C=O) groups excluding carboxylic acids is 1. The van der Waals surface area contributed by atoms with Gasteiger partial charge < -0.3 is 29.4 Å². The van der Waals surface area contributed by atoms with Gasteiger partial charge >= 0.3 is 9.05 Å². The number of rotatable bonds is 1. The van der Waals surface area contributed by atoms with Gasteiger partial charge in [-0.3, -0.25) is 4.79 Å². The van der Waals surface area contributed by atoms with Crippen molar-refractivity contribution in [2.45, 2.75) is 0 Å². The quantitative estimate of drug-likeness (QED) is 0.214. The Morgan fingerprint density at radius 2 is 1.35 bits per heavy atom. The first kappa shape index (κ1) is 17.7. The van der Waals surface area contributed by atoms with Crippen LogP contribution in [0.3, 0.4) is 0 Å². The molecule has 0 unspecified atom stereocenters. The number of hydrogen-bond acceptors (Lipinski definition) is 7. The molecule has 6 N–H and O–H groups in total. The topological polar surface area (TPSA) is 138 Å². The van der Waals surface area contributed by atoms with Crippen LogP contribution in [0.15, 0.2) is 36.9 Å². The highest BCUT2D eigenvalue weighted by Gasteiger charge is 2.22. The molecule has 1 aromatic carbocycles. The maximum absolute atomic E-state index is 9.06. The van der Waals surface area contributed by atoms with Crippen LogP contribution in [0, 0.1) is 0 Å². The van der Waals surface area contributed by atoms with E-state index in [1.54, 1.807) is 6.07 Å². The third-order valence-corrected chi connectivity index (χ3v) is 0.926. The molecule has 0 amide bonds. The normalized spacial score (nSPS) is 8.94. The van der Waals surface area contributed by atoms with Crippen LogP contribution >= 0.6 is 0 Å². The summed E-state index contributed by atoms with van der Waals surface area (Å²) < 4.78 is 0. The van der Waals surface area contributed by atoms with E-state index in [2.05, 4.69) is 6.58 Å². The average Bonchev–Trinajstić information content (AvgIpc) is 2.15. The summed E-state index contributed by atoms with van der Waals surface area (Å²) >= 11 is 0. The second kappa shape index (κ2) is 9.51. The number of carbonyl (C=O) groups is 1. The van der Waals surface area contributed by atoms with Crippen molar-refractivity contribution in [1.29, 1.82) is 0 Å². The highest BCUT2D eigenvalue weighted by molar-refractivity contribution is 6.46. The minimum atomic E-state index is -4.61. The molecule has 0 saturated carbocycles. The van der Waals surface area contributed by atoms with Gasteiger partial charge in [-0.05, 0) is 18.2 Å². The molecule has 0 bridgehead atoms. The maximum atomic E-state index is 9.06.